The van der Waals surface area contributed by atoms with Gasteiger partial charge in [0.05, 0.1) is 11.9 Å². The third-order valence-corrected chi connectivity index (χ3v) is 4.00. The smallest absolute Gasteiger partial charge is 0.229 e. The molecule has 0 unspecified atom stereocenters. The maximum Gasteiger partial charge on any atom is 0.229 e. The Morgan fingerprint density at radius 1 is 1.05 bits per heavy atom. The van der Waals surface area contributed by atoms with Gasteiger partial charge in [-0.15, -0.1) is 0 Å². The van der Waals surface area contributed by atoms with Crippen LogP contribution in [-0.4, -0.2) is 20.7 Å². The molecule has 1 aliphatic rings. The van der Waals surface area contributed by atoms with E-state index in [-0.39, 0.29) is 0 Å². The van der Waals surface area contributed by atoms with Gasteiger partial charge in [-0.1, -0.05) is 31.7 Å². The molecule has 106 valence electrons. The van der Waals surface area contributed by atoms with Gasteiger partial charge in [-0.3, -0.25) is 4.72 Å². The van der Waals surface area contributed by atoms with Gasteiger partial charge >= 0.3 is 0 Å². The Bertz CT molecular complexity index is 506. The Hall–Kier alpha value is -1.23. The average molecular weight is 282 g/mol. The number of benzene rings is 1. The van der Waals surface area contributed by atoms with Crippen LogP contribution in [0.2, 0.25) is 0 Å². The molecule has 2 N–H and O–H groups in total. The number of hydrogen-bond acceptors (Lipinski definition) is 3. The summed E-state index contributed by atoms with van der Waals surface area (Å²) in [6.45, 7) is 0. The summed E-state index contributed by atoms with van der Waals surface area (Å²) in [5.74, 6) is 0. The number of sulfonamides is 1. The highest BCUT2D eigenvalue weighted by atomic mass is 32.2. The number of anilines is 2. The second kappa shape index (κ2) is 6.28. The molecule has 0 atom stereocenters. The fraction of sp³-hybridized carbons (Fsp3) is 0.571. The molecule has 5 heteroatoms. The second-order valence-corrected chi connectivity index (χ2v) is 7.04. The van der Waals surface area contributed by atoms with E-state index in [4.69, 9.17) is 0 Å². The lowest BCUT2D eigenvalue weighted by Crippen LogP contribution is -2.18. The second-order valence-electron chi connectivity index (χ2n) is 5.29. The Labute approximate surface area is 115 Å². The number of rotatable bonds is 4. The molecule has 1 aliphatic carbocycles. The summed E-state index contributed by atoms with van der Waals surface area (Å²) in [6, 6.07) is 7.98. The molecule has 19 heavy (non-hydrogen) atoms. The zero-order valence-corrected chi connectivity index (χ0v) is 12.2. The molecule has 1 aromatic rings. The monoisotopic (exact) mass is 282 g/mol. The van der Waals surface area contributed by atoms with Crippen LogP contribution in [0, 0.1) is 0 Å². The minimum atomic E-state index is -3.21. The van der Waals surface area contributed by atoms with Crippen LogP contribution in [0.3, 0.4) is 0 Å². The first-order valence-electron chi connectivity index (χ1n) is 6.87. The van der Waals surface area contributed by atoms with Gasteiger partial charge in [0.1, 0.15) is 0 Å². The average Bonchev–Trinajstić information content (AvgIpc) is 2.56. The van der Waals surface area contributed by atoms with Crippen LogP contribution in [-0.2, 0) is 10.0 Å². The predicted octanol–water partition coefficient (Wildman–Crippen LogP) is 3.19. The van der Waals surface area contributed by atoms with E-state index in [9.17, 15) is 8.42 Å². The Balaban J connectivity index is 2.01. The largest absolute Gasteiger partial charge is 0.382 e. The van der Waals surface area contributed by atoms with Crippen molar-refractivity contribution in [3.05, 3.63) is 24.3 Å². The molecule has 0 radical (unpaired) electrons. The molecule has 0 spiro atoms. The van der Waals surface area contributed by atoms with E-state index in [1.807, 2.05) is 18.2 Å². The van der Waals surface area contributed by atoms with Crippen LogP contribution in [0.25, 0.3) is 0 Å². The number of nitrogens with one attached hydrogen (secondary N) is 2. The lowest BCUT2D eigenvalue weighted by atomic mass is 10.1. The molecule has 0 bridgehead atoms. The first-order chi connectivity index (χ1) is 9.03. The molecule has 0 heterocycles. The molecular formula is C14H22N2O2S. The predicted molar refractivity (Wildman–Crippen MR) is 80.0 cm³/mol. The molecule has 0 aliphatic heterocycles. The zero-order chi connectivity index (χ0) is 13.7. The van der Waals surface area contributed by atoms with Crippen molar-refractivity contribution in [2.45, 2.75) is 44.6 Å². The van der Waals surface area contributed by atoms with Crippen molar-refractivity contribution in [3.8, 4) is 0 Å². The lowest BCUT2D eigenvalue weighted by molar-refractivity contribution is 0.607. The van der Waals surface area contributed by atoms with Crippen molar-refractivity contribution in [3.63, 3.8) is 0 Å². The van der Waals surface area contributed by atoms with Crippen molar-refractivity contribution in [1.82, 2.24) is 0 Å². The summed E-state index contributed by atoms with van der Waals surface area (Å²) in [4.78, 5) is 0. The quantitative estimate of drug-likeness (QED) is 0.834. The van der Waals surface area contributed by atoms with Gasteiger partial charge in [-0.2, -0.15) is 0 Å². The lowest BCUT2D eigenvalue weighted by Gasteiger charge is -2.18. The topological polar surface area (TPSA) is 58.2 Å². The summed E-state index contributed by atoms with van der Waals surface area (Å²) >= 11 is 0. The Morgan fingerprint density at radius 2 is 1.68 bits per heavy atom. The van der Waals surface area contributed by atoms with E-state index >= 15 is 0 Å². The summed E-state index contributed by atoms with van der Waals surface area (Å²) in [5.41, 5.74) is 1.60. The molecule has 0 saturated heterocycles. The fourth-order valence-corrected chi connectivity index (χ4v) is 3.10. The van der Waals surface area contributed by atoms with Crippen LogP contribution < -0.4 is 10.0 Å². The highest BCUT2D eigenvalue weighted by Crippen LogP contribution is 2.23. The van der Waals surface area contributed by atoms with Crippen molar-refractivity contribution in [2.75, 3.05) is 16.3 Å². The van der Waals surface area contributed by atoms with Gasteiger partial charge in [0, 0.05) is 11.7 Å². The van der Waals surface area contributed by atoms with Gasteiger partial charge in [-0.25, -0.2) is 8.42 Å². The van der Waals surface area contributed by atoms with Crippen LogP contribution in [0.1, 0.15) is 38.5 Å². The first kappa shape index (κ1) is 14.2. The van der Waals surface area contributed by atoms with Crippen LogP contribution in [0.4, 0.5) is 11.4 Å². The van der Waals surface area contributed by atoms with E-state index in [1.54, 1.807) is 6.07 Å². The highest BCUT2D eigenvalue weighted by Gasteiger charge is 2.12. The summed E-state index contributed by atoms with van der Waals surface area (Å²) in [5, 5.41) is 3.51. The van der Waals surface area contributed by atoms with Gasteiger partial charge < -0.3 is 5.32 Å². The van der Waals surface area contributed by atoms with E-state index in [2.05, 4.69) is 10.0 Å². The van der Waals surface area contributed by atoms with Crippen LogP contribution in [0.15, 0.2) is 24.3 Å². The summed E-state index contributed by atoms with van der Waals surface area (Å²) in [7, 11) is -3.21. The molecule has 0 aromatic heterocycles. The minimum Gasteiger partial charge on any atom is -0.382 e. The highest BCUT2D eigenvalue weighted by molar-refractivity contribution is 7.92. The van der Waals surface area contributed by atoms with Gasteiger partial charge in [0.2, 0.25) is 10.0 Å². The summed E-state index contributed by atoms with van der Waals surface area (Å²) in [6.07, 6.45) is 8.77. The Morgan fingerprint density at radius 3 is 2.32 bits per heavy atom. The zero-order valence-electron chi connectivity index (χ0n) is 11.4. The van der Waals surface area contributed by atoms with Crippen molar-refractivity contribution >= 4 is 21.4 Å². The van der Waals surface area contributed by atoms with Gasteiger partial charge in [0.15, 0.2) is 0 Å². The molecular weight excluding hydrogens is 260 g/mol. The molecule has 2 rings (SSSR count). The Kier molecular flexibility index (Phi) is 4.69. The normalized spacial score (nSPS) is 17.7. The number of hydrogen-bond donors (Lipinski definition) is 2. The van der Waals surface area contributed by atoms with E-state index in [1.165, 1.54) is 44.8 Å². The molecule has 4 nitrogen and oxygen atoms in total. The third kappa shape index (κ3) is 5.11. The van der Waals surface area contributed by atoms with Crippen LogP contribution >= 0.6 is 0 Å². The van der Waals surface area contributed by atoms with E-state index in [0.717, 1.165) is 5.69 Å². The maximum absolute atomic E-state index is 11.2. The van der Waals surface area contributed by atoms with Gasteiger partial charge in [-0.05, 0) is 31.0 Å². The fourth-order valence-electron chi connectivity index (χ4n) is 2.55. The summed E-state index contributed by atoms with van der Waals surface area (Å²) < 4.78 is 24.9. The maximum atomic E-state index is 11.2. The molecule has 1 saturated carbocycles. The van der Waals surface area contributed by atoms with Crippen LogP contribution in [0.5, 0.6) is 0 Å². The van der Waals surface area contributed by atoms with Crippen molar-refractivity contribution in [2.24, 2.45) is 0 Å². The molecule has 0 amide bonds. The van der Waals surface area contributed by atoms with E-state index < -0.39 is 10.0 Å². The standard InChI is InChI=1S/C14H22N2O2S/c1-19(17,18)16-14-10-6-9-13(11-14)15-12-7-4-2-3-5-8-12/h6,9-12,15-16H,2-5,7-8H2,1H3. The van der Waals surface area contributed by atoms with Gasteiger partial charge in [0.25, 0.3) is 0 Å². The molecule has 1 aromatic carbocycles. The molecule has 1 fully saturated rings. The third-order valence-electron chi connectivity index (χ3n) is 3.39. The minimum absolute atomic E-state index is 0.510. The van der Waals surface area contributed by atoms with Crippen molar-refractivity contribution < 1.29 is 8.42 Å². The SMILES string of the molecule is CS(=O)(=O)Nc1cccc(NC2CCCCCC2)c1. The van der Waals surface area contributed by atoms with E-state index in [0.29, 0.717) is 11.7 Å². The van der Waals surface area contributed by atoms with Crippen molar-refractivity contribution in [1.29, 1.82) is 0 Å². The first-order valence-corrected chi connectivity index (χ1v) is 8.76.